The number of nitrogens with two attached hydrogens (primary N) is 1. The first-order valence-electron chi connectivity index (χ1n) is 6.43. The highest BCUT2D eigenvalue weighted by atomic mass is 16.5. The maximum absolute atomic E-state index is 5.79. The standard InChI is InChI=1S/C16H19NO2/c1-13-7-2-4-9-15(13)18-11-6-12-19-16-10-5-3-8-14(16)17/h2-5,7-10H,6,11-12,17H2,1H3. The summed E-state index contributed by atoms with van der Waals surface area (Å²) in [6.07, 6.45) is 0.822. The van der Waals surface area contributed by atoms with Crippen LogP contribution in [-0.4, -0.2) is 13.2 Å². The number of rotatable bonds is 6. The van der Waals surface area contributed by atoms with Crippen molar-refractivity contribution in [3.05, 3.63) is 54.1 Å². The van der Waals surface area contributed by atoms with Crippen molar-refractivity contribution in [1.82, 2.24) is 0 Å². The molecule has 0 bridgehead atoms. The van der Waals surface area contributed by atoms with Gasteiger partial charge in [0, 0.05) is 6.42 Å². The quantitative estimate of drug-likeness (QED) is 0.637. The molecule has 0 aliphatic heterocycles. The Balaban J connectivity index is 1.71. The molecule has 3 nitrogen and oxygen atoms in total. The van der Waals surface area contributed by atoms with Crippen molar-refractivity contribution in [3.63, 3.8) is 0 Å². The minimum absolute atomic E-state index is 0.597. The van der Waals surface area contributed by atoms with Gasteiger partial charge in [-0.25, -0.2) is 0 Å². The van der Waals surface area contributed by atoms with Crippen LogP contribution in [-0.2, 0) is 0 Å². The number of benzene rings is 2. The van der Waals surface area contributed by atoms with Crippen molar-refractivity contribution in [1.29, 1.82) is 0 Å². The van der Waals surface area contributed by atoms with Crippen LogP contribution in [0.3, 0.4) is 0 Å². The lowest BCUT2D eigenvalue weighted by molar-refractivity contribution is 0.247. The smallest absolute Gasteiger partial charge is 0.142 e. The third kappa shape index (κ3) is 3.91. The normalized spacial score (nSPS) is 10.2. The van der Waals surface area contributed by atoms with Crippen molar-refractivity contribution >= 4 is 5.69 Å². The van der Waals surface area contributed by atoms with Gasteiger partial charge in [0.05, 0.1) is 18.9 Å². The van der Waals surface area contributed by atoms with Crippen molar-refractivity contribution < 1.29 is 9.47 Å². The lowest BCUT2D eigenvalue weighted by Crippen LogP contribution is -2.06. The Morgan fingerprint density at radius 1 is 0.842 bits per heavy atom. The highest BCUT2D eigenvalue weighted by Gasteiger charge is 1.99. The lowest BCUT2D eigenvalue weighted by atomic mass is 10.2. The molecule has 0 spiro atoms. The van der Waals surface area contributed by atoms with Crippen LogP contribution >= 0.6 is 0 Å². The Labute approximate surface area is 114 Å². The van der Waals surface area contributed by atoms with E-state index in [4.69, 9.17) is 15.2 Å². The predicted molar refractivity (Wildman–Crippen MR) is 77.6 cm³/mol. The molecule has 3 heteroatoms. The van der Waals surface area contributed by atoms with E-state index in [1.807, 2.05) is 55.5 Å². The van der Waals surface area contributed by atoms with Gasteiger partial charge in [-0.3, -0.25) is 0 Å². The summed E-state index contributed by atoms with van der Waals surface area (Å²) in [5, 5.41) is 0. The van der Waals surface area contributed by atoms with Gasteiger partial charge in [0.25, 0.3) is 0 Å². The van der Waals surface area contributed by atoms with E-state index in [-0.39, 0.29) is 0 Å². The number of ether oxygens (including phenoxy) is 2. The van der Waals surface area contributed by atoms with Gasteiger partial charge in [0.15, 0.2) is 0 Å². The topological polar surface area (TPSA) is 44.5 Å². The lowest BCUT2D eigenvalue weighted by Gasteiger charge is -2.10. The van der Waals surface area contributed by atoms with Crippen molar-refractivity contribution in [2.45, 2.75) is 13.3 Å². The summed E-state index contributed by atoms with van der Waals surface area (Å²) >= 11 is 0. The Morgan fingerprint density at radius 2 is 1.42 bits per heavy atom. The zero-order chi connectivity index (χ0) is 13.5. The van der Waals surface area contributed by atoms with E-state index in [9.17, 15) is 0 Å². The second kappa shape index (κ2) is 6.69. The van der Waals surface area contributed by atoms with E-state index in [0.717, 1.165) is 23.5 Å². The number of hydrogen-bond acceptors (Lipinski definition) is 3. The zero-order valence-corrected chi connectivity index (χ0v) is 11.1. The Hall–Kier alpha value is -2.16. The van der Waals surface area contributed by atoms with Crippen LogP contribution in [0.25, 0.3) is 0 Å². The molecule has 0 amide bonds. The first-order chi connectivity index (χ1) is 9.27. The molecule has 2 rings (SSSR count). The third-order valence-corrected chi connectivity index (χ3v) is 2.82. The minimum atomic E-state index is 0.597. The van der Waals surface area contributed by atoms with E-state index in [1.54, 1.807) is 0 Å². The summed E-state index contributed by atoms with van der Waals surface area (Å²) in [5.41, 5.74) is 7.61. The molecular formula is C16H19NO2. The van der Waals surface area contributed by atoms with Crippen LogP contribution < -0.4 is 15.2 Å². The van der Waals surface area contributed by atoms with Gasteiger partial charge in [-0.1, -0.05) is 30.3 Å². The molecule has 0 saturated heterocycles. The fraction of sp³-hybridized carbons (Fsp3) is 0.250. The second-order valence-corrected chi connectivity index (χ2v) is 4.35. The van der Waals surface area contributed by atoms with Crippen LogP contribution in [0.1, 0.15) is 12.0 Å². The number of nitrogen functional groups attached to an aromatic ring is 1. The largest absolute Gasteiger partial charge is 0.493 e. The molecule has 100 valence electrons. The van der Waals surface area contributed by atoms with E-state index >= 15 is 0 Å². The molecule has 0 aliphatic rings. The number of para-hydroxylation sites is 3. The Kier molecular flexibility index (Phi) is 4.67. The highest BCUT2D eigenvalue weighted by Crippen LogP contribution is 2.20. The monoisotopic (exact) mass is 257 g/mol. The van der Waals surface area contributed by atoms with E-state index in [0.29, 0.717) is 18.9 Å². The van der Waals surface area contributed by atoms with Gasteiger partial charge < -0.3 is 15.2 Å². The molecule has 0 saturated carbocycles. The molecule has 0 radical (unpaired) electrons. The Bertz CT molecular complexity index is 478. The van der Waals surface area contributed by atoms with Gasteiger partial charge in [-0.2, -0.15) is 0 Å². The van der Waals surface area contributed by atoms with E-state index < -0.39 is 0 Å². The average Bonchev–Trinajstić information content (AvgIpc) is 2.42. The van der Waals surface area contributed by atoms with Gasteiger partial charge in [0.2, 0.25) is 0 Å². The number of aryl methyl sites for hydroxylation is 1. The Morgan fingerprint density at radius 3 is 2.11 bits per heavy atom. The number of anilines is 1. The summed E-state index contributed by atoms with van der Waals surface area (Å²) in [6.45, 7) is 3.27. The molecule has 0 atom stereocenters. The molecule has 2 aromatic carbocycles. The van der Waals surface area contributed by atoms with Gasteiger partial charge in [-0.05, 0) is 30.7 Å². The molecule has 0 heterocycles. The molecule has 19 heavy (non-hydrogen) atoms. The third-order valence-electron chi connectivity index (χ3n) is 2.82. The second-order valence-electron chi connectivity index (χ2n) is 4.35. The number of hydrogen-bond donors (Lipinski definition) is 1. The van der Waals surface area contributed by atoms with Crippen LogP contribution in [0.2, 0.25) is 0 Å². The van der Waals surface area contributed by atoms with Crippen LogP contribution in [0, 0.1) is 6.92 Å². The zero-order valence-electron chi connectivity index (χ0n) is 11.1. The fourth-order valence-electron chi connectivity index (χ4n) is 1.75. The van der Waals surface area contributed by atoms with Crippen LogP contribution in [0.4, 0.5) is 5.69 Å². The summed E-state index contributed by atoms with van der Waals surface area (Å²) in [6, 6.07) is 15.5. The summed E-state index contributed by atoms with van der Waals surface area (Å²) in [5.74, 6) is 1.67. The van der Waals surface area contributed by atoms with Crippen LogP contribution in [0.5, 0.6) is 11.5 Å². The summed E-state index contributed by atoms with van der Waals surface area (Å²) in [4.78, 5) is 0. The molecule has 0 aliphatic carbocycles. The predicted octanol–water partition coefficient (Wildman–Crippen LogP) is 3.43. The SMILES string of the molecule is Cc1ccccc1OCCCOc1ccccc1N. The molecule has 0 fully saturated rings. The van der Waals surface area contributed by atoms with Gasteiger partial charge in [0.1, 0.15) is 11.5 Å². The molecule has 0 aromatic heterocycles. The van der Waals surface area contributed by atoms with Gasteiger partial charge in [-0.15, -0.1) is 0 Å². The fourth-order valence-corrected chi connectivity index (χ4v) is 1.75. The van der Waals surface area contributed by atoms with Crippen molar-refractivity contribution in [2.24, 2.45) is 0 Å². The molecule has 2 aromatic rings. The average molecular weight is 257 g/mol. The van der Waals surface area contributed by atoms with E-state index in [1.165, 1.54) is 0 Å². The first kappa shape index (κ1) is 13.3. The maximum Gasteiger partial charge on any atom is 0.142 e. The summed E-state index contributed by atoms with van der Waals surface area (Å²) in [7, 11) is 0. The first-order valence-corrected chi connectivity index (χ1v) is 6.43. The van der Waals surface area contributed by atoms with E-state index in [2.05, 4.69) is 0 Å². The maximum atomic E-state index is 5.79. The van der Waals surface area contributed by atoms with Crippen molar-refractivity contribution in [3.8, 4) is 11.5 Å². The highest BCUT2D eigenvalue weighted by molar-refractivity contribution is 5.51. The minimum Gasteiger partial charge on any atom is -0.493 e. The van der Waals surface area contributed by atoms with Crippen LogP contribution in [0.15, 0.2) is 48.5 Å². The van der Waals surface area contributed by atoms with Gasteiger partial charge >= 0.3 is 0 Å². The van der Waals surface area contributed by atoms with Crippen molar-refractivity contribution in [2.75, 3.05) is 18.9 Å². The summed E-state index contributed by atoms with van der Waals surface area (Å²) < 4.78 is 11.3. The molecule has 2 N–H and O–H groups in total. The molecule has 0 unspecified atom stereocenters. The molecular weight excluding hydrogens is 238 g/mol.